The van der Waals surface area contributed by atoms with Gasteiger partial charge in [-0.25, -0.2) is 0 Å². The quantitative estimate of drug-likeness (QED) is 0.625. The molecule has 0 aliphatic heterocycles. The summed E-state index contributed by atoms with van der Waals surface area (Å²) in [5.41, 5.74) is 1.11. The SMILES string of the molecule is CC(CCO)N(Cc1ccccc1)C(=O)c1cccc([N+](=O)[O-])c1. The summed E-state index contributed by atoms with van der Waals surface area (Å²) in [5.74, 6) is -0.288. The van der Waals surface area contributed by atoms with E-state index >= 15 is 0 Å². The highest BCUT2D eigenvalue weighted by molar-refractivity contribution is 5.95. The predicted molar refractivity (Wildman–Crippen MR) is 90.6 cm³/mol. The molecule has 126 valence electrons. The lowest BCUT2D eigenvalue weighted by Gasteiger charge is -2.29. The summed E-state index contributed by atoms with van der Waals surface area (Å²) >= 11 is 0. The number of non-ortho nitro benzene ring substituents is 1. The van der Waals surface area contributed by atoms with Gasteiger partial charge in [0, 0.05) is 36.9 Å². The summed E-state index contributed by atoms with van der Waals surface area (Å²) < 4.78 is 0. The van der Waals surface area contributed by atoms with E-state index in [0.717, 1.165) is 5.56 Å². The molecule has 1 N–H and O–H groups in total. The van der Waals surface area contributed by atoms with Gasteiger partial charge in [0.15, 0.2) is 0 Å². The highest BCUT2D eigenvalue weighted by Crippen LogP contribution is 2.19. The fourth-order valence-electron chi connectivity index (χ4n) is 2.47. The van der Waals surface area contributed by atoms with Crippen LogP contribution >= 0.6 is 0 Å². The third-order valence-electron chi connectivity index (χ3n) is 3.84. The van der Waals surface area contributed by atoms with Crippen molar-refractivity contribution in [2.75, 3.05) is 6.61 Å². The zero-order valence-electron chi connectivity index (χ0n) is 13.5. The summed E-state index contributed by atoms with van der Waals surface area (Å²) in [4.78, 5) is 24.9. The van der Waals surface area contributed by atoms with Crippen LogP contribution < -0.4 is 0 Å². The van der Waals surface area contributed by atoms with E-state index in [4.69, 9.17) is 0 Å². The number of amides is 1. The fraction of sp³-hybridized carbons (Fsp3) is 0.278. The van der Waals surface area contributed by atoms with Gasteiger partial charge in [0.25, 0.3) is 11.6 Å². The Morgan fingerprint density at radius 2 is 1.92 bits per heavy atom. The number of nitro groups is 1. The molecule has 0 radical (unpaired) electrons. The van der Waals surface area contributed by atoms with Crippen molar-refractivity contribution < 1.29 is 14.8 Å². The van der Waals surface area contributed by atoms with E-state index in [1.165, 1.54) is 18.2 Å². The van der Waals surface area contributed by atoms with Crippen LogP contribution in [0.5, 0.6) is 0 Å². The van der Waals surface area contributed by atoms with Gasteiger partial charge in [-0.1, -0.05) is 36.4 Å². The smallest absolute Gasteiger partial charge is 0.270 e. The molecule has 0 saturated heterocycles. The van der Waals surface area contributed by atoms with Gasteiger partial charge in [0.1, 0.15) is 0 Å². The molecule has 0 saturated carbocycles. The predicted octanol–water partition coefficient (Wildman–Crippen LogP) is 3.01. The molecule has 0 spiro atoms. The number of nitro benzene ring substituents is 1. The first-order chi connectivity index (χ1) is 11.5. The van der Waals surface area contributed by atoms with E-state index in [9.17, 15) is 20.0 Å². The van der Waals surface area contributed by atoms with Gasteiger partial charge < -0.3 is 10.0 Å². The molecule has 0 fully saturated rings. The molecule has 2 aromatic carbocycles. The third-order valence-corrected chi connectivity index (χ3v) is 3.84. The second-order valence-corrected chi connectivity index (χ2v) is 5.59. The summed E-state index contributed by atoms with van der Waals surface area (Å²) in [6.07, 6.45) is 0.438. The molecular formula is C18H20N2O4. The van der Waals surface area contributed by atoms with Gasteiger partial charge in [-0.3, -0.25) is 14.9 Å². The van der Waals surface area contributed by atoms with E-state index in [2.05, 4.69) is 0 Å². The molecule has 6 nitrogen and oxygen atoms in total. The van der Waals surface area contributed by atoms with Gasteiger partial charge in [-0.15, -0.1) is 0 Å². The summed E-state index contributed by atoms with van der Waals surface area (Å²) in [6.45, 7) is 2.20. The van der Waals surface area contributed by atoms with Crippen molar-refractivity contribution in [3.8, 4) is 0 Å². The minimum atomic E-state index is -0.518. The van der Waals surface area contributed by atoms with Gasteiger partial charge in [0.2, 0.25) is 0 Å². The molecule has 2 rings (SSSR count). The molecule has 1 unspecified atom stereocenters. The van der Waals surface area contributed by atoms with Crippen LogP contribution in [-0.4, -0.2) is 33.5 Å². The maximum atomic E-state index is 12.9. The third kappa shape index (κ3) is 4.39. The van der Waals surface area contributed by atoms with E-state index in [0.29, 0.717) is 13.0 Å². The molecule has 0 bridgehead atoms. The Morgan fingerprint density at radius 1 is 1.21 bits per heavy atom. The molecule has 6 heteroatoms. The number of nitrogens with zero attached hydrogens (tertiary/aromatic N) is 2. The van der Waals surface area contributed by atoms with Crippen LogP contribution in [0.15, 0.2) is 54.6 Å². The first-order valence-corrected chi connectivity index (χ1v) is 7.73. The number of aliphatic hydroxyl groups excluding tert-OH is 1. The highest BCUT2D eigenvalue weighted by Gasteiger charge is 2.23. The average molecular weight is 328 g/mol. The number of benzene rings is 2. The minimum absolute atomic E-state index is 0.0331. The molecular weight excluding hydrogens is 308 g/mol. The number of hydrogen-bond donors (Lipinski definition) is 1. The van der Waals surface area contributed by atoms with Gasteiger partial charge in [-0.2, -0.15) is 0 Å². The number of carbonyl (C=O) groups is 1. The molecule has 0 heterocycles. The van der Waals surface area contributed by atoms with Crippen molar-refractivity contribution in [2.24, 2.45) is 0 Å². The lowest BCUT2D eigenvalue weighted by molar-refractivity contribution is -0.384. The topological polar surface area (TPSA) is 83.7 Å². The maximum Gasteiger partial charge on any atom is 0.270 e. The van der Waals surface area contributed by atoms with Crippen LogP contribution in [0.25, 0.3) is 0 Å². The number of rotatable bonds is 7. The molecule has 1 amide bonds. The van der Waals surface area contributed by atoms with Crippen molar-refractivity contribution in [3.63, 3.8) is 0 Å². The standard InChI is InChI=1S/C18H20N2O4/c1-14(10-11-21)19(13-15-6-3-2-4-7-15)18(22)16-8-5-9-17(12-16)20(23)24/h2-9,12,14,21H,10-11,13H2,1H3. The van der Waals surface area contributed by atoms with Crippen LogP contribution in [0, 0.1) is 10.1 Å². The van der Waals surface area contributed by atoms with Gasteiger partial charge in [0.05, 0.1) is 4.92 Å². The molecule has 0 aliphatic rings. The van der Waals surface area contributed by atoms with Gasteiger partial charge >= 0.3 is 0 Å². The number of hydrogen-bond acceptors (Lipinski definition) is 4. The Bertz CT molecular complexity index is 703. The highest BCUT2D eigenvalue weighted by atomic mass is 16.6. The van der Waals surface area contributed by atoms with Crippen LogP contribution in [0.3, 0.4) is 0 Å². The van der Waals surface area contributed by atoms with E-state index in [1.807, 2.05) is 37.3 Å². The lowest BCUT2D eigenvalue weighted by Crippen LogP contribution is -2.38. The molecule has 24 heavy (non-hydrogen) atoms. The minimum Gasteiger partial charge on any atom is -0.396 e. The zero-order valence-corrected chi connectivity index (χ0v) is 13.5. The van der Waals surface area contributed by atoms with Crippen molar-refractivity contribution in [1.29, 1.82) is 0 Å². The second-order valence-electron chi connectivity index (χ2n) is 5.59. The zero-order chi connectivity index (χ0) is 17.5. The monoisotopic (exact) mass is 328 g/mol. The molecule has 2 aromatic rings. The lowest BCUT2D eigenvalue weighted by atomic mass is 10.1. The van der Waals surface area contributed by atoms with E-state index in [-0.39, 0.29) is 29.8 Å². The Kier molecular flexibility index (Phi) is 6.03. The number of carbonyl (C=O) groups excluding carboxylic acids is 1. The van der Waals surface area contributed by atoms with Crippen molar-refractivity contribution in [1.82, 2.24) is 4.90 Å². The van der Waals surface area contributed by atoms with Crippen molar-refractivity contribution in [2.45, 2.75) is 25.9 Å². The first-order valence-electron chi connectivity index (χ1n) is 7.73. The molecule has 1 atom stereocenters. The Morgan fingerprint density at radius 3 is 2.54 bits per heavy atom. The van der Waals surface area contributed by atoms with E-state index < -0.39 is 4.92 Å². The Balaban J connectivity index is 2.30. The molecule has 0 aromatic heterocycles. The largest absolute Gasteiger partial charge is 0.396 e. The van der Waals surface area contributed by atoms with Crippen molar-refractivity contribution >= 4 is 11.6 Å². The van der Waals surface area contributed by atoms with Crippen molar-refractivity contribution in [3.05, 3.63) is 75.8 Å². The normalized spacial score (nSPS) is 11.8. The average Bonchev–Trinajstić information content (AvgIpc) is 2.60. The summed E-state index contributed by atoms with van der Waals surface area (Å²) in [6, 6.07) is 15.0. The first kappa shape index (κ1) is 17.6. The van der Waals surface area contributed by atoms with Crippen LogP contribution in [0.2, 0.25) is 0 Å². The Hall–Kier alpha value is -2.73. The van der Waals surface area contributed by atoms with Crippen LogP contribution in [0.1, 0.15) is 29.3 Å². The summed E-state index contributed by atoms with van der Waals surface area (Å²) in [5, 5.41) is 20.1. The number of aliphatic hydroxyl groups is 1. The van der Waals surface area contributed by atoms with Gasteiger partial charge in [-0.05, 0) is 25.0 Å². The molecule has 0 aliphatic carbocycles. The summed E-state index contributed by atoms with van der Waals surface area (Å²) in [7, 11) is 0. The second kappa shape index (κ2) is 8.21. The fourth-order valence-corrected chi connectivity index (χ4v) is 2.47. The van der Waals surface area contributed by atoms with E-state index in [1.54, 1.807) is 11.0 Å². The van der Waals surface area contributed by atoms with Crippen LogP contribution in [0.4, 0.5) is 5.69 Å². The van der Waals surface area contributed by atoms with Crippen LogP contribution in [-0.2, 0) is 6.54 Å². The Labute approximate surface area is 140 Å². The maximum absolute atomic E-state index is 12.9.